The summed E-state index contributed by atoms with van der Waals surface area (Å²) in [7, 11) is 0. The Morgan fingerprint density at radius 2 is 1.54 bits per heavy atom. The minimum Gasteiger partial charge on any atom is -0.312 e. The Balaban J connectivity index is 1.33. The van der Waals surface area contributed by atoms with Crippen LogP contribution in [0.4, 0.5) is 17.1 Å². The largest absolute Gasteiger partial charge is 0.312 e. The normalized spacial score (nSPS) is 15.3. The third-order valence-corrected chi connectivity index (χ3v) is 11.0. The van der Waals surface area contributed by atoms with Gasteiger partial charge in [-0.05, 0) is 90.4 Å². The van der Waals surface area contributed by atoms with Crippen molar-refractivity contribution in [3.63, 3.8) is 0 Å². The highest BCUT2D eigenvalue weighted by molar-refractivity contribution is 6.22. The molecule has 2 heteroatoms. The standard InChI is InChI=1S/C46H40N2/c1-5-14-34-38-29-33(25-27-40(38)46(3,4)39(34)6-2)47(32-23-21-31(22-24-32)30-15-8-7-9-16-30)43-28-26-36-35-17-10-12-19-41(35)48-42-20-13-11-18-37(42)44(43)45(36)48/h5,7-11,13-18,20-29H,6,12,19H2,1-4H3/b14-5-. The van der Waals surface area contributed by atoms with Crippen molar-refractivity contribution < 1.29 is 0 Å². The molecular formula is C46H40N2. The molecule has 48 heavy (non-hydrogen) atoms. The number of aryl methyl sites for hydroxylation is 1. The smallest absolute Gasteiger partial charge is 0.0638 e. The average molecular weight is 621 g/mol. The second kappa shape index (κ2) is 10.9. The van der Waals surface area contributed by atoms with Gasteiger partial charge in [-0.2, -0.15) is 0 Å². The molecule has 9 rings (SSSR count). The van der Waals surface area contributed by atoms with Crippen LogP contribution in [0, 0.1) is 0 Å². The Bertz CT molecular complexity index is 2450. The maximum Gasteiger partial charge on any atom is 0.0638 e. The fourth-order valence-electron chi connectivity index (χ4n) is 8.84. The number of anilines is 3. The zero-order chi connectivity index (χ0) is 32.6. The third kappa shape index (κ3) is 4.05. The molecular weight excluding hydrogens is 581 g/mol. The molecule has 0 bridgehead atoms. The maximum atomic E-state index is 2.56. The van der Waals surface area contributed by atoms with E-state index in [0.717, 1.165) is 24.9 Å². The Kier molecular flexibility index (Phi) is 6.52. The van der Waals surface area contributed by atoms with Crippen molar-refractivity contribution in [2.24, 2.45) is 0 Å². The first-order valence-electron chi connectivity index (χ1n) is 17.4. The number of hydrogen-bond donors (Lipinski definition) is 0. The van der Waals surface area contributed by atoms with Crippen LogP contribution >= 0.6 is 0 Å². The van der Waals surface area contributed by atoms with Crippen LogP contribution in [0.2, 0.25) is 0 Å². The molecule has 2 nitrogen and oxygen atoms in total. The van der Waals surface area contributed by atoms with Crippen LogP contribution in [0.1, 0.15) is 62.9 Å². The summed E-state index contributed by atoms with van der Waals surface area (Å²) in [5.41, 5.74) is 17.1. The van der Waals surface area contributed by atoms with Crippen molar-refractivity contribution in [2.75, 3.05) is 4.90 Å². The van der Waals surface area contributed by atoms with E-state index in [4.69, 9.17) is 0 Å². The Morgan fingerprint density at radius 3 is 2.33 bits per heavy atom. The number of allylic oxidation sites excluding steroid dienone is 5. The average Bonchev–Trinajstić information content (AvgIpc) is 3.72. The van der Waals surface area contributed by atoms with E-state index in [2.05, 4.69) is 170 Å². The molecule has 0 spiro atoms. The van der Waals surface area contributed by atoms with Gasteiger partial charge in [0, 0.05) is 44.2 Å². The molecule has 0 aliphatic heterocycles. The minimum absolute atomic E-state index is 0.00103. The zero-order valence-corrected chi connectivity index (χ0v) is 28.2. The summed E-state index contributed by atoms with van der Waals surface area (Å²) in [6, 6.07) is 40.7. The number of fused-ring (bicyclic) bond motifs is 7. The lowest BCUT2D eigenvalue weighted by atomic mass is 9.80. The van der Waals surface area contributed by atoms with E-state index < -0.39 is 0 Å². The molecule has 2 aliphatic rings. The third-order valence-electron chi connectivity index (χ3n) is 11.0. The van der Waals surface area contributed by atoms with Gasteiger partial charge in [-0.15, -0.1) is 0 Å². The molecule has 5 aromatic carbocycles. The Morgan fingerprint density at radius 1 is 0.792 bits per heavy atom. The molecule has 2 heterocycles. The number of benzene rings is 5. The van der Waals surface area contributed by atoms with Crippen molar-refractivity contribution in [1.82, 2.24) is 4.40 Å². The molecule has 0 saturated heterocycles. The first kappa shape index (κ1) is 28.8. The Hall–Kier alpha value is -5.34. The van der Waals surface area contributed by atoms with Crippen LogP contribution in [0.25, 0.3) is 50.0 Å². The molecule has 0 saturated carbocycles. The van der Waals surface area contributed by atoms with Gasteiger partial charge >= 0.3 is 0 Å². The summed E-state index contributed by atoms with van der Waals surface area (Å²) in [4.78, 5) is 2.50. The van der Waals surface area contributed by atoms with Crippen molar-refractivity contribution in [3.8, 4) is 11.1 Å². The van der Waals surface area contributed by atoms with E-state index in [1.165, 1.54) is 83.2 Å². The summed E-state index contributed by atoms with van der Waals surface area (Å²) in [5.74, 6) is 0. The summed E-state index contributed by atoms with van der Waals surface area (Å²) in [6.07, 6.45) is 12.4. The first-order valence-corrected chi connectivity index (χ1v) is 17.4. The molecule has 0 unspecified atom stereocenters. The summed E-state index contributed by atoms with van der Waals surface area (Å²) < 4.78 is 2.56. The van der Waals surface area contributed by atoms with Gasteiger partial charge in [-0.1, -0.05) is 123 Å². The number of hydrogen-bond acceptors (Lipinski definition) is 1. The molecule has 0 amide bonds. The fraction of sp³-hybridized carbons (Fsp3) is 0.174. The van der Waals surface area contributed by atoms with Crippen LogP contribution in [0.5, 0.6) is 0 Å². The minimum atomic E-state index is -0.00103. The predicted molar refractivity (Wildman–Crippen MR) is 206 cm³/mol. The Labute approximate surface area is 283 Å². The van der Waals surface area contributed by atoms with Crippen molar-refractivity contribution in [1.29, 1.82) is 0 Å². The van der Waals surface area contributed by atoms with E-state index in [1.807, 2.05) is 0 Å². The van der Waals surface area contributed by atoms with Crippen molar-refractivity contribution in [3.05, 3.63) is 155 Å². The molecule has 7 aromatic rings. The van der Waals surface area contributed by atoms with E-state index in [9.17, 15) is 0 Å². The maximum absolute atomic E-state index is 2.56. The molecule has 2 aliphatic carbocycles. The van der Waals surface area contributed by atoms with Crippen molar-refractivity contribution >= 4 is 55.9 Å². The van der Waals surface area contributed by atoms with Crippen LogP contribution in [0.3, 0.4) is 0 Å². The van der Waals surface area contributed by atoms with Gasteiger partial charge in [0.15, 0.2) is 0 Å². The lowest BCUT2D eigenvalue weighted by Crippen LogP contribution is -2.17. The van der Waals surface area contributed by atoms with E-state index >= 15 is 0 Å². The van der Waals surface area contributed by atoms with Gasteiger partial charge in [0.2, 0.25) is 0 Å². The quantitative estimate of drug-likeness (QED) is 0.179. The van der Waals surface area contributed by atoms with Gasteiger partial charge in [0.25, 0.3) is 0 Å². The van der Waals surface area contributed by atoms with Gasteiger partial charge in [-0.25, -0.2) is 0 Å². The molecule has 234 valence electrons. The van der Waals surface area contributed by atoms with Gasteiger partial charge in [0.05, 0.1) is 16.7 Å². The van der Waals surface area contributed by atoms with Crippen LogP contribution < -0.4 is 4.90 Å². The van der Waals surface area contributed by atoms with E-state index in [0.29, 0.717) is 0 Å². The number of rotatable bonds is 6. The topological polar surface area (TPSA) is 7.65 Å². The zero-order valence-electron chi connectivity index (χ0n) is 28.2. The monoisotopic (exact) mass is 620 g/mol. The SMILES string of the molecule is C/C=C\C1=C(CC)C(C)(C)c2ccc(N(c3ccc(-c4ccccc4)cc3)c3ccc4c5c(n6c7ccccc7c3c46)CCC=C5)cc21. The number of aromatic nitrogens is 1. The molecule has 0 atom stereocenters. The van der Waals surface area contributed by atoms with Gasteiger partial charge < -0.3 is 9.30 Å². The molecule has 0 N–H and O–H groups in total. The van der Waals surface area contributed by atoms with Crippen LogP contribution in [-0.2, 0) is 11.8 Å². The fourth-order valence-corrected chi connectivity index (χ4v) is 8.84. The molecule has 0 fully saturated rings. The van der Waals surface area contributed by atoms with Gasteiger partial charge in [-0.3, -0.25) is 0 Å². The molecule has 2 aromatic heterocycles. The number of nitrogens with zero attached hydrogens (tertiary/aromatic N) is 2. The second-order valence-electron chi connectivity index (χ2n) is 13.9. The summed E-state index contributed by atoms with van der Waals surface area (Å²) in [6.45, 7) is 9.20. The van der Waals surface area contributed by atoms with E-state index in [-0.39, 0.29) is 5.41 Å². The summed E-state index contributed by atoms with van der Waals surface area (Å²) >= 11 is 0. The van der Waals surface area contributed by atoms with Crippen LogP contribution in [0.15, 0.2) is 133 Å². The highest BCUT2D eigenvalue weighted by Crippen LogP contribution is 2.52. The number of para-hydroxylation sites is 1. The van der Waals surface area contributed by atoms with Crippen molar-refractivity contribution in [2.45, 2.75) is 52.4 Å². The molecule has 0 radical (unpaired) electrons. The lowest BCUT2D eigenvalue weighted by molar-refractivity contribution is 0.617. The first-order chi connectivity index (χ1) is 23.5. The van der Waals surface area contributed by atoms with Gasteiger partial charge in [0.1, 0.15) is 0 Å². The summed E-state index contributed by atoms with van der Waals surface area (Å²) in [5, 5.41) is 3.97. The predicted octanol–water partition coefficient (Wildman–Crippen LogP) is 12.8. The van der Waals surface area contributed by atoms with Crippen LogP contribution in [-0.4, -0.2) is 4.40 Å². The highest BCUT2D eigenvalue weighted by atomic mass is 15.1. The second-order valence-corrected chi connectivity index (χ2v) is 13.9. The highest BCUT2D eigenvalue weighted by Gasteiger charge is 2.36. The van der Waals surface area contributed by atoms with E-state index in [1.54, 1.807) is 0 Å². The lowest BCUT2D eigenvalue weighted by Gasteiger charge is -2.28.